The first kappa shape index (κ1) is 12.8. The number of aryl methyl sites for hydroxylation is 1. The third kappa shape index (κ3) is 2.87. The number of aromatic nitrogens is 2. The second-order valence-electron chi connectivity index (χ2n) is 5.16. The molecule has 1 fully saturated rings. The van der Waals surface area contributed by atoms with Crippen LogP contribution in [0, 0.1) is 12.7 Å². The zero-order chi connectivity index (χ0) is 14.1. The van der Waals surface area contributed by atoms with E-state index in [2.05, 4.69) is 20.6 Å². The van der Waals surface area contributed by atoms with Gasteiger partial charge in [-0.25, -0.2) is 14.4 Å². The maximum Gasteiger partial charge on any atom is 0.136 e. The maximum atomic E-state index is 13.4. The largest absolute Gasteiger partial charge is 0.373 e. The van der Waals surface area contributed by atoms with Crippen molar-refractivity contribution in [2.75, 3.05) is 17.7 Å². The Balaban J connectivity index is 1.90. The van der Waals surface area contributed by atoms with Gasteiger partial charge in [-0.05, 0) is 43.5 Å². The molecule has 1 aromatic carbocycles. The highest BCUT2D eigenvalue weighted by molar-refractivity contribution is 5.60. The SMILES string of the molecule is CNc1cc(Nc2cc(C)cc(F)c2)nc(C2CC2)n1. The topological polar surface area (TPSA) is 49.8 Å². The number of benzene rings is 1. The summed E-state index contributed by atoms with van der Waals surface area (Å²) in [6.45, 7) is 1.86. The lowest BCUT2D eigenvalue weighted by atomic mass is 10.2. The van der Waals surface area contributed by atoms with E-state index in [0.717, 1.165) is 30.0 Å². The summed E-state index contributed by atoms with van der Waals surface area (Å²) >= 11 is 0. The van der Waals surface area contributed by atoms with Gasteiger partial charge in [0.15, 0.2) is 0 Å². The number of hydrogen-bond donors (Lipinski definition) is 2. The molecule has 1 heterocycles. The lowest BCUT2D eigenvalue weighted by Gasteiger charge is -2.10. The number of nitrogens with one attached hydrogen (secondary N) is 2. The van der Waals surface area contributed by atoms with Crippen LogP contribution in [-0.2, 0) is 0 Å². The normalized spacial score (nSPS) is 14.2. The fraction of sp³-hybridized carbons (Fsp3) is 0.333. The molecular weight excluding hydrogens is 255 g/mol. The van der Waals surface area contributed by atoms with Crippen LogP contribution in [0.25, 0.3) is 0 Å². The average molecular weight is 272 g/mol. The third-order valence-electron chi connectivity index (χ3n) is 3.26. The van der Waals surface area contributed by atoms with Gasteiger partial charge in [0.25, 0.3) is 0 Å². The Morgan fingerprint density at radius 1 is 1.10 bits per heavy atom. The number of nitrogens with zero attached hydrogens (tertiary/aromatic N) is 2. The standard InChI is InChI=1S/C15H17FN4/c1-9-5-11(16)7-12(6-9)18-14-8-13(17-2)19-15(20-14)10-3-4-10/h5-8,10H,3-4H2,1-2H3,(H2,17,18,19,20). The monoisotopic (exact) mass is 272 g/mol. The van der Waals surface area contributed by atoms with Crippen molar-refractivity contribution in [3.8, 4) is 0 Å². The van der Waals surface area contributed by atoms with Crippen LogP contribution in [0.4, 0.5) is 21.7 Å². The van der Waals surface area contributed by atoms with Crippen LogP contribution in [0.1, 0.15) is 30.1 Å². The molecule has 4 nitrogen and oxygen atoms in total. The van der Waals surface area contributed by atoms with Gasteiger partial charge < -0.3 is 10.6 Å². The quantitative estimate of drug-likeness (QED) is 0.893. The Bertz CT molecular complexity index is 618. The molecule has 0 saturated heterocycles. The van der Waals surface area contributed by atoms with Gasteiger partial charge in [-0.15, -0.1) is 0 Å². The van der Waals surface area contributed by atoms with Crippen molar-refractivity contribution in [1.82, 2.24) is 9.97 Å². The van der Waals surface area contributed by atoms with Gasteiger partial charge in [-0.1, -0.05) is 0 Å². The molecule has 0 radical (unpaired) electrons. The number of rotatable bonds is 4. The molecule has 0 atom stereocenters. The second kappa shape index (κ2) is 5.07. The van der Waals surface area contributed by atoms with Crippen LogP contribution in [0.2, 0.25) is 0 Å². The van der Waals surface area contributed by atoms with Crippen LogP contribution >= 0.6 is 0 Å². The van der Waals surface area contributed by atoms with Crippen molar-refractivity contribution < 1.29 is 4.39 Å². The minimum absolute atomic E-state index is 0.252. The van der Waals surface area contributed by atoms with E-state index < -0.39 is 0 Å². The summed E-state index contributed by atoms with van der Waals surface area (Å²) in [5.41, 5.74) is 1.57. The molecule has 0 unspecified atom stereocenters. The van der Waals surface area contributed by atoms with Crippen LogP contribution < -0.4 is 10.6 Å². The Hall–Kier alpha value is -2.17. The van der Waals surface area contributed by atoms with Crippen molar-refractivity contribution in [3.63, 3.8) is 0 Å². The minimum Gasteiger partial charge on any atom is -0.373 e. The predicted molar refractivity (Wildman–Crippen MR) is 78.0 cm³/mol. The highest BCUT2D eigenvalue weighted by atomic mass is 19.1. The molecule has 1 saturated carbocycles. The summed E-state index contributed by atoms with van der Waals surface area (Å²) in [5, 5.41) is 6.19. The van der Waals surface area contributed by atoms with Gasteiger partial charge >= 0.3 is 0 Å². The lowest BCUT2D eigenvalue weighted by Crippen LogP contribution is -2.03. The third-order valence-corrected chi connectivity index (χ3v) is 3.26. The molecule has 20 heavy (non-hydrogen) atoms. The van der Waals surface area contributed by atoms with Gasteiger partial charge in [0.1, 0.15) is 23.3 Å². The van der Waals surface area contributed by atoms with E-state index in [4.69, 9.17) is 0 Å². The summed E-state index contributed by atoms with van der Waals surface area (Å²) in [6.07, 6.45) is 2.29. The molecule has 1 aromatic heterocycles. The second-order valence-corrected chi connectivity index (χ2v) is 5.16. The summed E-state index contributed by atoms with van der Waals surface area (Å²) in [5.74, 6) is 2.54. The predicted octanol–water partition coefficient (Wildman–Crippen LogP) is 3.59. The molecule has 0 bridgehead atoms. The van der Waals surface area contributed by atoms with Crippen molar-refractivity contribution in [2.45, 2.75) is 25.7 Å². The van der Waals surface area contributed by atoms with Crippen LogP contribution in [-0.4, -0.2) is 17.0 Å². The minimum atomic E-state index is -0.252. The summed E-state index contributed by atoms with van der Waals surface area (Å²) in [7, 11) is 1.83. The van der Waals surface area contributed by atoms with Crippen LogP contribution in [0.5, 0.6) is 0 Å². The summed E-state index contributed by atoms with van der Waals surface area (Å²) in [6, 6.07) is 6.68. The van der Waals surface area contributed by atoms with E-state index in [0.29, 0.717) is 17.4 Å². The van der Waals surface area contributed by atoms with E-state index in [1.807, 2.05) is 26.1 Å². The molecule has 3 rings (SSSR count). The molecule has 2 aromatic rings. The Labute approximate surface area is 117 Å². The first-order valence-corrected chi connectivity index (χ1v) is 6.75. The first-order valence-electron chi connectivity index (χ1n) is 6.75. The molecule has 0 aliphatic heterocycles. The van der Waals surface area contributed by atoms with E-state index in [1.54, 1.807) is 0 Å². The van der Waals surface area contributed by atoms with E-state index >= 15 is 0 Å². The molecule has 0 amide bonds. The van der Waals surface area contributed by atoms with E-state index in [9.17, 15) is 4.39 Å². The summed E-state index contributed by atoms with van der Waals surface area (Å²) < 4.78 is 13.4. The highest BCUT2D eigenvalue weighted by Gasteiger charge is 2.27. The molecule has 1 aliphatic carbocycles. The number of hydrogen-bond acceptors (Lipinski definition) is 4. The average Bonchev–Trinajstić information content (AvgIpc) is 3.21. The maximum absolute atomic E-state index is 13.4. The number of halogens is 1. The summed E-state index contributed by atoms with van der Waals surface area (Å²) in [4.78, 5) is 8.97. The van der Waals surface area contributed by atoms with Crippen molar-refractivity contribution in [1.29, 1.82) is 0 Å². The Morgan fingerprint density at radius 3 is 2.50 bits per heavy atom. The van der Waals surface area contributed by atoms with E-state index in [-0.39, 0.29) is 5.82 Å². The molecule has 5 heteroatoms. The fourth-order valence-electron chi connectivity index (χ4n) is 2.14. The molecular formula is C15H17FN4. The zero-order valence-corrected chi connectivity index (χ0v) is 11.6. The van der Waals surface area contributed by atoms with Gasteiger partial charge in [-0.3, -0.25) is 0 Å². The highest BCUT2D eigenvalue weighted by Crippen LogP contribution is 2.39. The Kier molecular flexibility index (Phi) is 3.26. The van der Waals surface area contributed by atoms with Gasteiger partial charge in [0.05, 0.1) is 0 Å². The van der Waals surface area contributed by atoms with Crippen LogP contribution in [0.3, 0.4) is 0 Å². The van der Waals surface area contributed by atoms with Gasteiger partial charge in [-0.2, -0.15) is 0 Å². The molecule has 104 valence electrons. The van der Waals surface area contributed by atoms with Crippen molar-refractivity contribution >= 4 is 17.3 Å². The molecule has 0 spiro atoms. The van der Waals surface area contributed by atoms with Gasteiger partial charge in [0.2, 0.25) is 0 Å². The Morgan fingerprint density at radius 2 is 1.85 bits per heavy atom. The zero-order valence-electron chi connectivity index (χ0n) is 11.6. The molecule has 1 aliphatic rings. The van der Waals surface area contributed by atoms with E-state index in [1.165, 1.54) is 12.1 Å². The van der Waals surface area contributed by atoms with Crippen LogP contribution in [0.15, 0.2) is 24.3 Å². The first-order chi connectivity index (χ1) is 9.64. The smallest absolute Gasteiger partial charge is 0.136 e. The number of anilines is 3. The van der Waals surface area contributed by atoms with Gasteiger partial charge in [0, 0.05) is 24.7 Å². The lowest BCUT2D eigenvalue weighted by molar-refractivity contribution is 0.627. The molecule has 2 N–H and O–H groups in total. The van der Waals surface area contributed by atoms with Crippen molar-refractivity contribution in [2.24, 2.45) is 0 Å². The van der Waals surface area contributed by atoms with Crippen molar-refractivity contribution in [3.05, 3.63) is 41.5 Å². The fourth-order valence-corrected chi connectivity index (χ4v) is 2.14.